The molecule has 1 unspecified atom stereocenters. The van der Waals surface area contributed by atoms with Gasteiger partial charge in [0.25, 0.3) is 5.97 Å². The average Bonchev–Trinajstić information content (AvgIpc) is 1.58. The van der Waals surface area contributed by atoms with Crippen LogP contribution >= 0.6 is 23.2 Å². The lowest BCUT2D eigenvalue weighted by molar-refractivity contribution is -0.421. The van der Waals surface area contributed by atoms with Crippen LogP contribution in [0.3, 0.4) is 0 Å². The Balaban J connectivity index is 0.681. The van der Waals surface area contributed by atoms with E-state index in [1.54, 1.807) is 41.5 Å². The molecule has 11 aliphatic rings. The van der Waals surface area contributed by atoms with Gasteiger partial charge in [-0.05, 0) is 61.0 Å². The lowest BCUT2D eigenvalue weighted by Crippen LogP contribution is -2.69. The molecule has 0 amide bonds. The molecule has 1 aromatic carbocycles. The predicted molar refractivity (Wildman–Crippen MR) is 333 cm³/mol. The molecule has 11 saturated heterocycles. The van der Waals surface area contributed by atoms with Gasteiger partial charge in [-0.1, -0.05) is 23.2 Å². The molecule has 0 bridgehead atoms. The molecule has 35 nitrogen and oxygen atoms in total. The number of aromatic hydroxyl groups is 1. The van der Waals surface area contributed by atoms with Crippen molar-refractivity contribution in [1.29, 1.82) is 0 Å². The highest BCUT2D eigenvalue weighted by Gasteiger charge is 2.71. The second-order valence-electron chi connectivity index (χ2n) is 27.9. The number of methoxy groups -OCH3 is 6. The van der Waals surface area contributed by atoms with E-state index in [-0.39, 0.29) is 72.8 Å². The van der Waals surface area contributed by atoms with Gasteiger partial charge in [-0.2, -0.15) is 0 Å². The number of aliphatic hydroxyl groups excluding tert-OH is 5. The Morgan fingerprint density at radius 1 is 0.634 bits per heavy atom. The topological polar surface area (TPSA) is 425 Å². The van der Waals surface area contributed by atoms with E-state index in [2.05, 4.69) is 0 Å². The van der Waals surface area contributed by atoms with Gasteiger partial charge in [0, 0.05) is 53.9 Å². The zero-order valence-corrected chi connectivity index (χ0v) is 59.9. The third-order valence-electron chi connectivity index (χ3n) is 21.1. The minimum absolute atomic E-state index is 0.0943. The smallest absolute Gasteiger partial charge is 0.342 e. The molecule has 0 aromatic heterocycles. The maximum atomic E-state index is 14.2. The van der Waals surface area contributed by atoms with Gasteiger partial charge in [-0.25, -0.2) is 4.79 Å². The number of phenolic OH excluding ortho intramolecular Hbond substituents is 1. The van der Waals surface area contributed by atoms with Crippen molar-refractivity contribution in [2.24, 2.45) is 5.73 Å². The molecule has 2 spiro atoms. The zero-order chi connectivity index (χ0) is 72.9. The number of rotatable bonds is 20. The van der Waals surface area contributed by atoms with E-state index in [0.29, 0.717) is 0 Å². The van der Waals surface area contributed by atoms with Gasteiger partial charge in [0.05, 0.1) is 81.1 Å². The number of esters is 1. The minimum Gasteiger partial charge on any atom is -0.505 e. The summed E-state index contributed by atoms with van der Waals surface area (Å²) in [4.78, 5) is 14.2. The molecule has 576 valence electrons. The molecule has 101 heavy (non-hydrogen) atoms. The Hall–Kier alpha value is -2.37. The summed E-state index contributed by atoms with van der Waals surface area (Å²) in [6.07, 6.45) is -37.7. The van der Waals surface area contributed by atoms with Gasteiger partial charge in [0.2, 0.25) is 0 Å². The monoisotopic (exact) mass is 1490 g/mol. The second-order valence-corrected chi connectivity index (χ2v) is 28.6. The molecule has 36 atom stereocenters. The fourth-order valence-electron chi connectivity index (χ4n) is 15.8. The van der Waals surface area contributed by atoms with Crippen LogP contribution in [-0.4, -0.2) is 331 Å². The molecule has 1 aromatic rings. The molecule has 11 aliphatic heterocycles. The Kier molecular flexibility index (Phi) is 24.0. The van der Waals surface area contributed by atoms with Gasteiger partial charge in [-0.3, -0.25) is 0 Å². The van der Waals surface area contributed by atoms with E-state index in [1.165, 1.54) is 49.6 Å². The van der Waals surface area contributed by atoms with Crippen LogP contribution in [0.25, 0.3) is 0 Å². The van der Waals surface area contributed by atoms with Crippen LogP contribution in [-0.2, 0) is 118 Å². The van der Waals surface area contributed by atoms with E-state index in [1.807, 2.05) is 6.92 Å². The van der Waals surface area contributed by atoms with Gasteiger partial charge < -0.3 is 165 Å². The lowest BCUT2D eigenvalue weighted by atomic mass is 9.85. The normalized spacial score (nSPS) is 49.5. The number of benzene rings is 1. The molecule has 11 heterocycles. The van der Waals surface area contributed by atoms with E-state index >= 15 is 0 Å². The largest absolute Gasteiger partial charge is 0.505 e. The van der Waals surface area contributed by atoms with E-state index in [0.717, 1.165) is 0 Å². The number of fused-ring (bicyclic) bond motifs is 4. The van der Waals surface area contributed by atoms with Crippen molar-refractivity contribution < 1.29 is 164 Å². The zero-order valence-electron chi connectivity index (χ0n) is 58.4. The van der Waals surface area contributed by atoms with Gasteiger partial charge in [-0.15, -0.1) is 0 Å². The number of carbonyl (C=O) groups excluding carboxylic acids is 1. The first-order valence-corrected chi connectivity index (χ1v) is 34.5. The van der Waals surface area contributed by atoms with Crippen LogP contribution < -0.4 is 10.5 Å². The van der Waals surface area contributed by atoms with Crippen molar-refractivity contribution in [3.63, 3.8) is 0 Å². The summed E-state index contributed by atoms with van der Waals surface area (Å²) < 4.78 is 159. The highest BCUT2D eigenvalue weighted by atomic mass is 35.5. The van der Waals surface area contributed by atoms with Crippen LogP contribution in [0.15, 0.2) is 0 Å². The Morgan fingerprint density at radius 3 is 1.97 bits per heavy atom. The van der Waals surface area contributed by atoms with Crippen molar-refractivity contribution in [2.75, 3.05) is 69.3 Å². The van der Waals surface area contributed by atoms with Crippen LogP contribution in [0.4, 0.5) is 0 Å². The third kappa shape index (κ3) is 14.6. The number of hydrogen-bond acceptors (Lipinski definition) is 35. The number of ether oxygens (including phenoxy) is 26. The quantitative estimate of drug-likeness (QED) is 0.0754. The highest BCUT2D eigenvalue weighted by molar-refractivity contribution is 6.39. The number of halogens is 2. The fraction of sp³-hybridized carbons (Fsp3) is 0.891. The Bertz CT molecular complexity index is 2990. The van der Waals surface area contributed by atoms with Crippen molar-refractivity contribution in [3.05, 3.63) is 21.2 Å². The summed E-state index contributed by atoms with van der Waals surface area (Å²) >= 11 is 12.8. The summed E-state index contributed by atoms with van der Waals surface area (Å²) in [5.74, 6) is -5.45. The lowest BCUT2D eigenvalue weighted by Gasteiger charge is -2.49. The molecular formula is C64H97Cl2NO34. The van der Waals surface area contributed by atoms with E-state index < -0.39 is 231 Å². The summed E-state index contributed by atoms with van der Waals surface area (Å²) in [5.41, 5.74) is 4.19. The molecule has 0 saturated carbocycles. The maximum absolute atomic E-state index is 14.2. The van der Waals surface area contributed by atoms with Crippen LogP contribution in [0.1, 0.15) is 83.7 Å². The average molecular weight is 1500 g/mol. The molecule has 0 radical (unpaired) electrons. The summed E-state index contributed by atoms with van der Waals surface area (Å²) in [5, 5.41) is 82.0. The number of hydrogen-bond donors (Lipinski definition) is 8. The van der Waals surface area contributed by atoms with E-state index in [9.17, 15) is 40.5 Å². The first-order chi connectivity index (χ1) is 47.9. The second kappa shape index (κ2) is 30.9. The SMILES string of the molecule is COC[C@H]1O[C@@H](O[C@@H]2OC[C@@H]3O[C@@]4(OC[C@@](O)(C(C)OC)[C@@H]5OCO[C@H]54)O[C@H]3[C@H]2O)[C@@H](OC)[C@@H](O)[C@@H]1O[C@@H]1O[C@H](C)[C@H](OC)[C@H](O[C@@H]2O[C@H](C)[C@H]3O[C@]4(C[C@@H](O)[C@H](O[C@H]5C[C@@H](O[C@H]6C[C@](C)(N)[C@@H](OC)[C@H](C)O6)[C@H](OC(=O)c6c(C)c(Cl)c(O)c(Cl)c6OC)[C@@H](C)O5)[C@@H](C)O4)O[C@@H]3[C@@H]2O)[C@H]1O. The number of carbonyl (C=O) groups is 1. The molecule has 11 fully saturated rings. The summed E-state index contributed by atoms with van der Waals surface area (Å²) in [7, 11) is 8.29. The Morgan fingerprint density at radius 2 is 1.30 bits per heavy atom. The van der Waals surface area contributed by atoms with Gasteiger partial charge in [0.15, 0.2) is 61.4 Å². The highest BCUT2D eigenvalue weighted by Crippen LogP contribution is 2.51. The Labute approximate surface area is 592 Å². The molecule has 0 aliphatic carbocycles. The molecular weight excluding hydrogens is 1400 g/mol. The third-order valence-corrected chi connectivity index (χ3v) is 21.9. The fourth-order valence-corrected chi connectivity index (χ4v) is 16.3. The van der Waals surface area contributed by atoms with Crippen molar-refractivity contribution in [1.82, 2.24) is 0 Å². The van der Waals surface area contributed by atoms with Crippen molar-refractivity contribution in [3.8, 4) is 11.5 Å². The minimum atomic E-state index is -1.97. The summed E-state index contributed by atoms with van der Waals surface area (Å²) in [6.45, 7) is 12.4. The number of nitrogens with two attached hydrogens (primary N) is 1. The molecule has 37 heteroatoms. The number of aliphatic hydroxyl groups is 6. The van der Waals surface area contributed by atoms with E-state index in [4.69, 9.17) is 152 Å². The van der Waals surface area contributed by atoms with Crippen LogP contribution in [0.2, 0.25) is 10.0 Å². The standard InChI is InChI=1S/C64H97Cl2NO34/c1-22-35(49(79-12)37(66)38(69)36(22)65)56(74)93-44-23(2)86-33(15-30(44)90-34-17-61(8,67)53(81-14)27(6)87-34)92-43-26(5)97-63(16-29(43)68)99-46-25(4)89-59(42(73)51(46)100-63)95-50-41(72)58(88-24(3)45(50)78-11)94-47-31(18-76-9)91-60(52(80-13)39(47)70)96-57-40(71)48-32(19-82-57)98-64(101-48)55-54(83-21-84-55)62(75,20-85-64)28(7)77-10/h23-34,39-48,50-55,57-60,68-73,75H,15-21,67H2,1-14H3/t23-,24-,25-,26-,27+,28?,29-,30-,31-,32+,33+,34+,39+,40-,41-,42+,43-,44-,45+,46-,47-,48-,50-,51-,52+,53+,54-,55-,57+,58+,59+,60+,61+,62-,63-,64-/m1/s1. The van der Waals surface area contributed by atoms with Crippen molar-refractivity contribution >= 4 is 29.2 Å². The maximum Gasteiger partial charge on any atom is 0.342 e. The van der Waals surface area contributed by atoms with Gasteiger partial charge >= 0.3 is 11.9 Å². The first kappa shape index (κ1) is 78.2. The van der Waals surface area contributed by atoms with Crippen LogP contribution in [0, 0.1) is 6.92 Å². The predicted octanol–water partition coefficient (Wildman–Crippen LogP) is -0.625. The number of phenols is 1. The summed E-state index contributed by atoms with van der Waals surface area (Å²) in [6, 6.07) is 0. The molecule has 9 N–H and O–H groups in total. The van der Waals surface area contributed by atoms with Gasteiger partial charge in [0.1, 0.15) is 127 Å². The first-order valence-electron chi connectivity index (χ1n) is 33.8. The molecule has 12 rings (SSSR count). The van der Waals surface area contributed by atoms with Crippen molar-refractivity contribution in [2.45, 2.75) is 294 Å². The van der Waals surface area contributed by atoms with Crippen LogP contribution in [0.5, 0.6) is 11.5 Å².